The molecule has 0 rings (SSSR count). The molecule has 0 bridgehead atoms. The summed E-state index contributed by atoms with van der Waals surface area (Å²) in [6.07, 6.45) is -6.08. The van der Waals surface area contributed by atoms with Crippen LogP contribution >= 0.6 is 0 Å². The molecule has 2 heteroatoms. The Morgan fingerprint density at radius 2 is 3.14 bits per heavy atom. The number of ketones is 1. The number of carbonyl (C=O) groups excluding carboxylic acids is 1. The summed E-state index contributed by atoms with van der Waals surface area (Å²) in [5.74, 6) is -1.84. The Morgan fingerprint density at radius 1 is 2.29 bits per heavy atom. The van der Waals surface area contributed by atoms with E-state index in [1.807, 2.05) is 0 Å². The molecular weight excluding hydrogens is 92.1 g/mol. The van der Waals surface area contributed by atoms with Crippen LogP contribution in [0.5, 0.6) is 0 Å². The molecule has 0 saturated heterocycles. The van der Waals surface area contributed by atoms with Crippen LogP contribution < -0.4 is 0 Å². The Morgan fingerprint density at radius 3 is 3.71 bits per heavy atom. The number of Topliss-reactive ketones (excluding diaryl/α,β-unsaturated/α-hetero) is 1. The highest BCUT2D eigenvalue weighted by molar-refractivity contribution is 5.75. The molecule has 0 aromatic heterocycles. The molecule has 0 aliphatic heterocycles. The number of aliphatic hydroxyl groups excluding tert-OH is 1. The van der Waals surface area contributed by atoms with Gasteiger partial charge in [-0.3, -0.25) is 0 Å². The average molecular weight is 110 g/mol. The molecule has 0 fully saturated rings. The maximum atomic E-state index is 11.1. The van der Waals surface area contributed by atoms with Crippen molar-refractivity contribution in [2.45, 2.75) is 19.6 Å². The van der Waals surface area contributed by atoms with Crippen molar-refractivity contribution in [2.24, 2.45) is 0 Å². The molecular formula is C5H10O2. The number of hydrogen-bond donors (Lipinski definition) is 1. The van der Waals surface area contributed by atoms with E-state index in [-0.39, 0.29) is 0 Å². The maximum absolute atomic E-state index is 11.1. The lowest BCUT2D eigenvalue weighted by Gasteiger charge is -1.86. The summed E-state index contributed by atoms with van der Waals surface area (Å²) in [7, 11) is 0. The molecule has 42 valence electrons. The minimum Gasteiger partial charge on any atom is -0.396 e. The van der Waals surface area contributed by atoms with E-state index in [1.165, 1.54) is 0 Å². The van der Waals surface area contributed by atoms with Crippen LogP contribution in [0, 0.1) is 0 Å². The first-order valence-corrected chi connectivity index (χ1v) is 1.60. The summed E-state index contributed by atoms with van der Waals surface area (Å²) in [6.45, 7) is -4.25. The first-order valence-electron chi connectivity index (χ1n) is 5.50. The lowest BCUT2D eigenvalue weighted by atomic mass is 10.2. The molecule has 0 saturated carbocycles. The molecule has 7 heavy (non-hydrogen) atoms. The van der Waals surface area contributed by atoms with Gasteiger partial charge in [-0.1, -0.05) is 0 Å². The highest BCUT2D eigenvalue weighted by atomic mass is 16.3. The van der Waals surface area contributed by atoms with E-state index in [2.05, 4.69) is 5.11 Å². The quantitative estimate of drug-likeness (QED) is 0.567. The molecule has 1 N–H and O–H groups in total. The third kappa shape index (κ3) is 5.63. The van der Waals surface area contributed by atoms with E-state index in [9.17, 15) is 4.79 Å². The van der Waals surface area contributed by atoms with Crippen molar-refractivity contribution in [1.82, 2.24) is 0 Å². The Balaban J connectivity index is 5.05. The molecule has 0 atom stereocenters. The Hall–Kier alpha value is -0.370. The molecule has 0 aliphatic carbocycles. The molecule has 0 radical (unpaired) electrons. The second-order valence-electron chi connectivity index (χ2n) is 0.775. The smallest absolute Gasteiger partial charge is 0.210 e. The van der Waals surface area contributed by atoms with Crippen molar-refractivity contribution < 1.29 is 19.5 Å². The summed E-state index contributed by atoms with van der Waals surface area (Å²) in [4.78, 5) is 11.1. The van der Waals surface area contributed by atoms with Crippen molar-refractivity contribution in [3.63, 3.8) is 0 Å². The van der Waals surface area contributed by atoms with E-state index < -0.39 is 32.0 Å². The summed E-state index contributed by atoms with van der Waals surface area (Å²) in [6, 6.07) is 0. The largest absolute Gasteiger partial charge is 0.396 e. The summed E-state index contributed by atoms with van der Waals surface area (Å²) in [5.41, 5.74) is 0. The number of rotatable bonds is 4. The first-order chi connectivity index (χ1) is 6.47. The zero-order valence-corrected chi connectivity index (χ0v) is 3.52. The van der Waals surface area contributed by atoms with Gasteiger partial charge in [0.2, 0.25) is 1.43 Å². The Kier molecular flexibility index (Phi) is 0.615. The lowest BCUT2D eigenvalue weighted by Crippen LogP contribution is -1.91. The third-order valence-corrected chi connectivity index (χ3v) is 0.274. The van der Waals surface area contributed by atoms with Gasteiger partial charge in [0.1, 0.15) is 5.78 Å². The van der Waals surface area contributed by atoms with Crippen LogP contribution in [0.4, 0.5) is 0 Å². The summed E-state index contributed by atoms with van der Waals surface area (Å²) in [5, 5.41) is 3.65. The zero-order chi connectivity index (χ0) is 12.5. The van der Waals surface area contributed by atoms with Crippen LogP contribution in [0.1, 0.15) is 29.2 Å². The van der Waals surface area contributed by atoms with E-state index >= 15 is 0 Å². The van der Waals surface area contributed by atoms with Crippen molar-refractivity contribution >= 4 is 5.78 Å². The predicted octanol–water partition coefficient (Wildman–Crippen LogP) is 0.348. The predicted molar refractivity (Wildman–Crippen MR) is 27.0 cm³/mol. The van der Waals surface area contributed by atoms with E-state index in [4.69, 9.17) is 11.0 Å². The van der Waals surface area contributed by atoms with Gasteiger partial charge in [0.15, 0.2) is 0 Å². The molecule has 0 aromatic carbocycles. The normalized spacial score (nSPS) is 31.4. The van der Waals surface area contributed by atoms with E-state index in [0.717, 1.165) is 0 Å². The van der Waals surface area contributed by atoms with Crippen LogP contribution in [0.3, 0.4) is 0 Å². The minimum atomic E-state index is -3.22. The Bertz CT molecular complexity index is 244. The topological polar surface area (TPSA) is 37.3 Å². The highest BCUT2D eigenvalue weighted by Gasteiger charge is 1.88. The van der Waals surface area contributed by atoms with Gasteiger partial charge in [0, 0.05) is 22.6 Å². The molecule has 2 nitrogen and oxygen atoms in total. The third-order valence-electron chi connectivity index (χ3n) is 0.274. The van der Waals surface area contributed by atoms with Gasteiger partial charge in [-0.05, 0) is 13.2 Å². The van der Waals surface area contributed by atoms with Gasteiger partial charge in [-0.15, -0.1) is 0 Å². The van der Waals surface area contributed by atoms with Crippen LogP contribution in [0.15, 0.2) is 0 Å². The average Bonchev–Trinajstić information content (AvgIpc) is 2.00. The van der Waals surface area contributed by atoms with Gasteiger partial charge < -0.3 is 9.90 Å². The molecule has 0 heterocycles. The zero-order valence-electron chi connectivity index (χ0n) is 11.5. The fourth-order valence-corrected chi connectivity index (χ4v) is 0.116. The van der Waals surface area contributed by atoms with Crippen LogP contribution in [0.2, 0.25) is 0 Å². The van der Waals surface area contributed by atoms with Gasteiger partial charge >= 0.3 is 0 Å². The molecule has 0 unspecified atom stereocenters. The second-order valence-corrected chi connectivity index (χ2v) is 0.775. The van der Waals surface area contributed by atoms with Gasteiger partial charge in [0.25, 0.3) is 0 Å². The standard InChI is InChI=1S/C5H10O2/c1-5(7)3-2-4-6/h6H,2-4H2,1H3/i1D3,2D2,3D2,6D. The number of hydrogen-bond acceptors (Lipinski definition) is 2. The highest BCUT2D eigenvalue weighted by Crippen LogP contribution is 1.85. The van der Waals surface area contributed by atoms with Crippen LogP contribution in [-0.2, 0) is 4.79 Å². The fraction of sp³-hybridized carbons (Fsp3) is 0.800. The Labute approximate surface area is 54.5 Å². The minimum absolute atomic E-state index is 1.03. The van der Waals surface area contributed by atoms with Gasteiger partial charge in [-0.25, -0.2) is 0 Å². The lowest BCUT2D eigenvalue weighted by molar-refractivity contribution is -0.117. The van der Waals surface area contributed by atoms with Crippen molar-refractivity contribution in [2.75, 3.05) is 6.61 Å². The van der Waals surface area contributed by atoms with E-state index in [0.29, 0.717) is 0 Å². The summed E-state index contributed by atoms with van der Waals surface area (Å²) >= 11 is 0. The fourth-order valence-electron chi connectivity index (χ4n) is 0.116. The number of carbonyl (C=O) groups is 1. The van der Waals surface area contributed by atoms with Crippen molar-refractivity contribution in [1.29, 1.82) is 1.43 Å². The van der Waals surface area contributed by atoms with Gasteiger partial charge in [-0.2, -0.15) is 0 Å². The molecule has 0 aliphatic rings. The molecule has 0 spiro atoms. The number of aliphatic hydroxyl groups is 1. The summed E-state index contributed by atoms with van der Waals surface area (Å²) < 4.78 is 54.8. The maximum Gasteiger partial charge on any atom is 0.210 e. The van der Waals surface area contributed by atoms with Crippen LogP contribution in [0.25, 0.3) is 0 Å². The SMILES string of the molecule is [2H]OCC([2H])([2H])C([2H])([2H])C(=O)C([2H])([2H])[2H]. The molecule has 0 amide bonds. The van der Waals surface area contributed by atoms with Crippen molar-refractivity contribution in [3.05, 3.63) is 0 Å². The van der Waals surface area contributed by atoms with Crippen LogP contribution in [-0.4, -0.2) is 18.9 Å². The first kappa shape index (κ1) is 1.13. The van der Waals surface area contributed by atoms with Gasteiger partial charge in [0.05, 0.1) is 0 Å². The van der Waals surface area contributed by atoms with E-state index in [1.54, 1.807) is 0 Å². The molecule has 0 aromatic rings. The van der Waals surface area contributed by atoms with Crippen molar-refractivity contribution in [3.8, 4) is 0 Å². The monoisotopic (exact) mass is 110 g/mol. The second kappa shape index (κ2) is 3.81.